The van der Waals surface area contributed by atoms with Crippen LogP contribution in [0, 0.1) is 0 Å². The normalized spacial score (nSPS) is 10.9. The number of rotatable bonds is 6. The molecule has 7 nitrogen and oxygen atoms in total. The van der Waals surface area contributed by atoms with E-state index in [0.29, 0.717) is 0 Å². The molecule has 86 valence electrons. The number of aliphatic carboxylic acids is 1. The van der Waals surface area contributed by atoms with Gasteiger partial charge in [-0.05, 0) is 0 Å². The van der Waals surface area contributed by atoms with Crippen LogP contribution in [0.4, 0.5) is 0 Å². The monoisotopic (exact) mass is 257 g/mol. The van der Waals surface area contributed by atoms with Gasteiger partial charge in [0.05, 0.1) is 25.1 Å². The number of thiol groups is 1. The summed E-state index contributed by atoms with van der Waals surface area (Å²) in [5.74, 6) is -2.65. The van der Waals surface area contributed by atoms with Crippen LogP contribution >= 0.6 is 12.6 Å². The summed E-state index contributed by atoms with van der Waals surface area (Å²) in [6.07, 6.45) is 0. The maximum absolute atomic E-state index is 11.0. The molecule has 0 aliphatic rings. The maximum atomic E-state index is 11.0. The fraction of sp³-hybridized carbons (Fsp3) is 0.571. The summed E-state index contributed by atoms with van der Waals surface area (Å²) in [6.45, 7) is -0.558. The summed E-state index contributed by atoms with van der Waals surface area (Å²) in [4.78, 5) is 32.1. The third-order valence-corrected chi connectivity index (χ3v) is 1.80. The van der Waals surface area contributed by atoms with Crippen molar-refractivity contribution in [3.8, 4) is 0 Å². The molecule has 0 fully saturated rings. The first-order chi connectivity index (χ1) is 7.01. The zero-order chi connectivity index (χ0) is 11.8. The fourth-order valence-electron chi connectivity index (χ4n) is 0.675. The number of hydrogen-bond acceptors (Lipinski definition) is 6. The summed E-state index contributed by atoms with van der Waals surface area (Å²) in [7, 11) is 0. The van der Waals surface area contributed by atoms with E-state index in [-0.39, 0.29) is 48.4 Å². The Morgan fingerprint density at radius 2 is 1.88 bits per heavy atom. The van der Waals surface area contributed by atoms with Crippen LogP contribution in [0.2, 0.25) is 0 Å². The number of nitrogens with two attached hydrogens (primary N) is 1. The molecule has 0 saturated carbocycles. The Balaban J connectivity index is 0. The Kier molecular flexibility index (Phi) is 11.2. The van der Waals surface area contributed by atoms with Gasteiger partial charge in [0.25, 0.3) is 0 Å². The number of hydrogen-bond donors (Lipinski definition) is 4. The van der Waals surface area contributed by atoms with Crippen molar-refractivity contribution >= 4 is 30.4 Å². The van der Waals surface area contributed by atoms with E-state index in [4.69, 9.17) is 5.73 Å². The second kappa shape index (κ2) is 9.91. The van der Waals surface area contributed by atoms with E-state index in [0.717, 1.165) is 0 Å². The molecule has 4 N–H and O–H groups in total. The van der Waals surface area contributed by atoms with Crippen molar-refractivity contribution in [1.29, 1.82) is 0 Å². The number of carbonyl (C=O) groups excluding carboxylic acids is 3. The van der Waals surface area contributed by atoms with E-state index >= 15 is 0 Å². The van der Waals surface area contributed by atoms with Gasteiger partial charge < -0.3 is 26.3 Å². The van der Waals surface area contributed by atoms with Crippen LogP contribution in [0.1, 0.15) is 0 Å². The van der Waals surface area contributed by atoms with E-state index in [1.807, 2.05) is 0 Å². The van der Waals surface area contributed by atoms with Crippen LogP contribution < -0.4 is 51.0 Å². The van der Waals surface area contributed by atoms with Crippen LogP contribution in [0.5, 0.6) is 0 Å². The number of amides is 2. The van der Waals surface area contributed by atoms with Gasteiger partial charge in [-0.3, -0.25) is 9.59 Å². The molecule has 16 heavy (non-hydrogen) atoms. The fourth-order valence-corrected chi connectivity index (χ4v) is 0.916. The third-order valence-electron chi connectivity index (χ3n) is 1.43. The second-order valence-corrected chi connectivity index (χ2v) is 2.97. The van der Waals surface area contributed by atoms with Crippen molar-refractivity contribution in [2.24, 2.45) is 5.73 Å². The zero-order valence-electron chi connectivity index (χ0n) is 8.86. The molecule has 0 spiro atoms. The van der Waals surface area contributed by atoms with Crippen LogP contribution in [-0.4, -0.2) is 42.7 Å². The molecule has 9 heteroatoms. The Morgan fingerprint density at radius 1 is 1.31 bits per heavy atom. The predicted molar refractivity (Wildman–Crippen MR) is 52.9 cm³/mol. The molecule has 0 saturated heterocycles. The van der Waals surface area contributed by atoms with E-state index in [1.165, 1.54) is 0 Å². The van der Waals surface area contributed by atoms with E-state index < -0.39 is 23.8 Å². The molecule has 0 bridgehead atoms. The second-order valence-electron chi connectivity index (χ2n) is 2.60. The summed E-state index contributed by atoms with van der Waals surface area (Å²) in [6, 6.07) is -1.17. The van der Waals surface area contributed by atoms with E-state index in [1.54, 1.807) is 0 Å². The molecule has 0 radical (unpaired) electrons. The molecule has 1 atom stereocenters. The van der Waals surface area contributed by atoms with E-state index in [2.05, 4.69) is 23.3 Å². The van der Waals surface area contributed by atoms with Crippen molar-refractivity contribution in [3.63, 3.8) is 0 Å². The van der Waals surface area contributed by atoms with Gasteiger partial charge in [-0.25, -0.2) is 0 Å². The van der Waals surface area contributed by atoms with Crippen molar-refractivity contribution in [1.82, 2.24) is 10.6 Å². The Bertz CT molecular complexity index is 264. The van der Waals surface area contributed by atoms with E-state index in [9.17, 15) is 19.5 Å². The summed E-state index contributed by atoms with van der Waals surface area (Å²) < 4.78 is 0. The summed E-state index contributed by atoms with van der Waals surface area (Å²) in [5.41, 5.74) is 4.97. The smallest absolute Gasteiger partial charge is 0.548 e. The Morgan fingerprint density at radius 3 is 2.25 bits per heavy atom. The molecule has 2 amide bonds. The van der Waals surface area contributed by atoms with Crippen molar-refractivity contribution in [2.75, 3.05) is 18.8 Å². The average Bonchev–Trinajstić information content (AvgIpc) is 2.21. The largest absolute Gasteiger partial charge is 1.00 e. The predicted octanol–water partition coefficient (Wildman–Crippen LogP) is -6.77. The number of carboxylic acids is 1. The van der Waals surface area contributed by atoms with Gasteiger partial charge in [0, 0.05) is 5.75 Å². The zero-order valence-corrected chi connectivity index (χ0v) is 11.8. The quantitative estimate of drug-likeness (QED) is 0.278. The number of carbonyl (C=O) groups is 3. The molecular weight excluding hydrogens is 245 g/mol. The van der Waals surface area contributed by atoms with Crippen molar-refractivity contribution < 1.29 is 49.0 Å². The molecule has 0 aromatic heterocycles. The molecular formula is C7H12N3NaO4S. The van der Waals surface area contributed by atoms with Crippen molar-refractivity contribution in [2.45, 2.75) is 6.04 Å². The van der Waals surface area contributed by atoms with Gasteiger partial charge in [0.15, 0.2) is 0 Å². The van der Waals surface area contributed by atoms with Gasteiger partial charge in [0.2, 0.25) is 11.8 Å². The van der Waals surface area contributed by atoms with Gasteiger partial charge in [0.1, 0.15) is 0 Å². The van der Waals surface area contributed by atoms with Crippen LogP contribution in [0.3, 0.4) is 0 Å². The molecule has 0 aliphatic carbocycles. The van der Waals surface area contributed by atoms with Gasteiger partial charge >= 0.3 is 29.6 Å². The first-order valence-corrected chi connectivity index (χ1v) is 4.72. The third kappa shape index (κ3) is 7.94. The van der Waals surface area contributed by atoms with Gasteiger partial charge in [-0.2, -0.15) is 12.6 Å². The maximum Gasteiger partial charge on any atom is 1.00 e. The molecule has 0 rings (SSSR count). The first kappa shape index (κ1) is 18.1. The Hall–Kier alpha value is -0.280. The number of carboxylic acid groups (broad SMARTS) is 1. The topological polar surface area (TPSA) is 124 Å². The molecule has 0 aromatic carbocycles. The van der Waals surface area contributed by atoms with Gasteiger partial charge in [-0.15, -0.1) is 0 Å². The van der Waals surface area contributed by atoms with Gasteiger partial charge in [-0.1, -0.05) is 0 Å². The Labute approximate surface area is 120 Å². The first-order valence-electron chi connectivity index (χ1n) is 4.09. The average molecular weight is 257 g/mol. The van der Waals surface area contributed by atoms with Crippen molar-refractivity contribution in [3.05, 3.63) is 0 Å². The SMILES string of the molecule is NCC(=O)NCC(=O)N[C@@H](CS)C(=O)[O-].[Na+]. The van der Waals surface area contributed by atoms with Crippen LogP contribution in [0.25, 0.3) is 0 Å². The minimum Gasteiger partial charge on any atom is -0.548 e. The standard InChI is InChI=1S/C7H13N3O4S.Na/c8-1-5(11)9-2-6(12)10-4(3-15)7(13)14;/h4,15H,1-3,8H2,(H,9,11)(H,10,12)(H,13,14);/q;+1/p-1/t4-;/m0./s1. The molecule has 0 aliphatic heterocycles. The van der Waals surface area contributed by atoms with Crippen LogP contribution in [-0.2, 0) is 14.4 Å². The molecule has 0 aromatic rings. The molecule has 0 heterocycles. The minimum atomic E-state index is -1.43. The summed E-state index contributed by atoms with van der Waals surface area (Å²) >= 11 is 3.71. The minimum absolute atomic E-state index is 0. The number of nitrogens with one attached hydrogen (secondary N) is 2. The van der Waals surface area contributed by atoms with Crippen LogP contribution in [0.15, 0.2) is 0 Å². The molecule has 0 unspecified atom stereocenters. The summed E-state index contributed by atoms with van der Waals surface area (Å²) in [5, 5.41) is 14.7.